The fourth-order valence-corrected chi connectivity index (χ4v) is 3.91. The summed E-state index contributed by atoms with van der Waals surface area (Å²) < 4.78 is 3.04. The van der Waals surface area contributed by atoms with Gasteiger partial charge >= 0.3 is 0 Å². The molecule has 0 aromatic carbocycles. The van der Waals surface area contributed by atoms with Crippen molar-refractivity contribution in [1.82, 2.24) is 19.7 Å². The summed E-state index contributed by atoms with van der Waals surface area (Å²) in [6.07, 6.45) is 9.17. The van der Waals surface area contributed by atoms with Crippen LogP contribution in [0, 0.1) is 4.77 Å². The average Bonchev–Trinajstić information content (AvgIpc) is 3.15. The molecule has 1 saturated heterocycles. The minimum atomic E-state index is 0.536. The molecule has 0 bridgehead atoms. The lowest BCUT2D eigenvalue weighted by atomic mass is 9.95. The molecule has 0 unspecified atom stereocenters. The molecule has 2 fully saturated rings. The van der Waals surface area contributed by atoms with E-state index in [1.807, 2.05) is 0 Å². The maximum Gasteiger partial charge on any atom is 0.225 e. The van der Waals surface area contributed by atoms with E-state index in [-0.39, 0.29) is 0 Å². The van der Waals surface area contributed by atoms with Crippen LogP contribution < -0.4 is 4.90 Å². The number of hydrogen-bond acceptors (Lipinski definition) is 4. The van der Waals surface area contributed by atoms with E-state index in [1.165, 1.54) is 58.0 Å². The fraction of sp³-hybridized carbons (Fsp3) is 0.867. The van der Waals surface area contributed by atoms with E-state index in [2.05, 4.69) is 31.6 Å². The molecule has 5 nitrogen and oxygen atoms in total. The Labute approximate surface area is 132 Å². The molecule has 118 valence electrons. The van der Waals surface area contributed by atoms with Crippen molar-refractivity contribution in [3.05, 3.63) is 4.77 Å². The van der Waals surface area contributed by atoms with Crippen LogP contribution in [0.25, 0.3) is 0 Å². The largest absolute Gasteiger partial charge is 0.343 e. The fourth-order valence-electron chi connectivity index (χ4n) is 3.63. The normalized spacial score (nSPS) is 21.0. The Morgan fingerprint density at radius 3 is 2.62 bits per heavy atom. The number of likely N-dealkylation sites (N-methyl/N-ethyl adjacent to an activating group) is 1. The molecule has 3 rings (SSSR count). The lowest BCUT2D eigenvalue weighted by Crippen LogP contribution is -2.33. The molecule has 0 radical (unpaired) electrons. The molecule has 1 N–H and O–H groups in total. The highest BCUT2D eigenvalue weighted by atomic mass is 32.1. The topological polar surface area (TPSA) is 40.1 Å². The van der Waals surface area contributed by atoms with Crippen LogP contribution in [0.3, 0.4) is 0 Å². The van der Waals surface area contributed by atoms with Crippen LogP contribution in [0.15, 0.2) is 0 Å². The SMILES string of the molecule is CN(CCN1CCCC1)c1n[nH]c(=S)n1C1CCCCC1. The highest BCUT2D eigenvalue weighted by Crippen LogP contribution is 2.31. The van der Waals surface area contributed by atoms with Gasteiger partial charge in [0.25, 0.3) is 0 Å². The molecular formula is C15H27N5S. The van der Waals surface area contributed by atoms with Crippen LogP contribution >= 0.6 is 12.2 Å². The summed E-state index contributed by atoms with van der Waals surface area (Å²) in [6, 6.07) is 0.536. The van der Waals surface area contributed by atoms with Gasteiger partial charge in [0.05, 0.1) is 0 Å². The minimum Gasteiger partial charge on any atom is -0.343 e. The summed E-state index contributed by atoms with van der Waals surface area (Å²) in [6.45, 7) is 4.65. The third-order valence-corrected chi connectivity index (χ3v) is 5.21. The maximum absolute atomic E-state index is 5.47. The van der Waals surface area contributed by atoms with Gasteiger partial charge in [-0.3, -0.25) is 4.57 Å². The summed E-state index contributed by atoms with van der Waals surface area (Å²) in [4.78, 5) is 4.81. The molecule has 0 spiro atoms. The third-order valence-electron chi connectivity index (χ3n) is 4.92. The quantitative estimate of drug-likeness (QED) is 0.849. The van der Waals surface area contributed by atoms with Crippen LogP contribution in [-0.4, -0.2) is 52.9 Å². The van der Waals surface area contributed by atoms with Gasteiger partial charge in [0.15, 0.2) is 4.77 Å². The van der Waals surface area contributed by atoms with E-state index in [0.717, 1.165) is 23.8 Å². The lowest BCUT2D eigenvalue weighted by Gasteiger charge is -2.28. The van der Waals surface area contributed by atoms with E-state index >= 15 is 0 Å². The van der Waals surface area contributed by atoms with Gasteiger partial charge in [0.1, 0.15) is 0 Å². The van der Waals surface area contributed by atoms with E-state index in [9.17, 15) is 0 Å². The van der Waals surface area contributed by atoms with Gasteiger partial charge in [-0.1, -0.05) is 19.3 Å². The first-order valence-electron chi connectivity index (χ1n) is 8.36. The molecule has 1 aliphatic carbocycles. The zero-order valence-electron chi connectivity index (χ0n) is 13.1. The Bertz CT molecular complexity index is 496. The van der Waals surface area contributed by atoms with Crippen molar-refractivity contribution in [2.24, 2.45) is 0 Å². The van der Waals surface area contributed by atoms with Crippen molar-refractivity contribution in [3.8, 4) is 0 Å². The third kappa shape index (κ3) is 3.48. The van der Waals surface area contributed by atoms with Gasteiger partial charge in [0, 0.05) is 26.2 Å². The summed E-state index contributed by atoms with van der Waals surface area (Å²) >= 11 is 5.47. The number of anilines is 1. The molecule has 1 saturated carbocycles. The molecule has 1 aliphatic heterocycles. The maximum atomic E-state index is 5.47. The highest BCUT2D eigenvalue weighted by molar-refractivity contribution is 7.71. The van der Waals surface area contributed by atoms with E-state index < -0.39 is 0 Å². The number of nitrogens with zero attached hydrogens (tertiary/aromatic N) is 4. The monoisotopic (exact) mass is 309 g/mol. The van der Waals surface area contributed by atoms with Crippen molar-refractivity contribution < 1.29 is 0 Å². The van der Waals surface area contributed by atoms with Crippen molar-refractivity contribution in [2.45, 2.75) is 51.0 Å². The first-order valence-corrected chi connectivity index (χ1v) is 8.77. The Morgan fingerprint density at radius 1 is 1.19 bits per heavy atom. The smallest absolute Gasteiger partial charge is 0.225 e. The summed E-state index contributed by atoms with van der Waals surface area (Å²) in [7, 11) is 2.14. The average molecular weight is 309 g/mol. The second-order valence-corrected chi connectivity index (χ2v) is 6.85. The van der Waals surface area contributed by atoms with Crippen molar-refractivity contribution in [3.63, 3.8) is 0 Å². The predicted octanol–water partition coefficient (Wildman–Crippen LogP) is 2.98. The van der Waals surface area contributed by atoms with Crippen LogP contribution in [0.5, 0.6) is 0 Å². The van der Waals surface area contributed by atoms with Crippen molar-refractivity contribution >= 4 is 18.2 Å². The van der Waals surface area contributed by atoms with Gasteiger partial charge in [-0.15, -0.1) is 5.10 Å². The molecule has 0 atom stereocenters. The Hall–Kier alpha value is -0.880. The van der Waals surface area contributed by atoms with Gasteiger partial charge in [-0.05, 0) is 51.0 Å². The zero-order valence-corrected chi connectivity index (χ0v) is 13.9. The Kier molecular flexibility index (Phi) is 4.95. The highest BCUT2D eigenvalue weighted by Gasteiger charge is 2.22. The van der Waals surface area contributed by atoms with Crippen LogP contribution in [0.2, 0.25) is 0 Å². The number of likely N-dealkylation sites (tertiary alicyclic amines) is 1. The minimum absolute atomic E-state index is 0.536. The van der Waals surface area contributed by atoms with Gasteiger partial charge in [0.2, 0.25) is 5.95 Å². The first-order chi connectivity index (χ1) is 10.3. The number of aromatic amines is 1. The number of aromatic nitrogens is 3. The lowest BCUT2D eigenvalue weighted by molar-refractivity contribution is 0.338. The van der Waals surface area contributed by atoms with E-state index in [1.54, 1.807) is 0 Å². The molecule has 2 heterocycles. The van der Waals surface area contributed by atoms with Crippen molar-refractivity contribution in [1.29, 1.82) is 0 Å². The zero-order chi connectivity index (χ0) is 14.7. The summed E-state index contributed by atoms with van der Waals surface area (Å²) in [5.41, 5.74) is 0. The standard InChI is InChI=1S/C15H27N5S/c1-18(11-12-19-9-5-6-10-19)14-16-17-15(21)20(14)13-7-3-2-4-8-13/h13H,2-12H2,1H3,(H,17,21). The molecule has 2 aliphatic rings. The van der Waals surface area contributed by atoms with Gasteiger partial charge in [-0.2, -0.15) is 0 Å². The first kappa shape index (κ1) is 15.0. The van der Waals surface area contributed by atoms with Crippen LogP contribution in [0.1, 0.15) is 51.0 Å². The van der Waals surface area contributed by atoms with Crippen LogP contribution in [-0.2, 0) is 0 Å². The molecule has 21 heavy (non-hydrogen) atoms. The number of hydrogen-bond donors (Lipinski definition) is 1. The summed E-state index contributed by atoms with van der Waals surface area (Å²) in [5.74, 6) is 1.02. The Morgan fingerprint density at radius 2 is 1.90 bits per heavy atom. The molecule has 1 aromatic heterocycles. The summed E-state index contributed by atoms with van der Waals surface area (Å²) in [5, 5.41) is 7.49. The second kappa shape index (κ2) is 6.92. The molecular weight excluding hydrogens is 282 g/mol. The number of nitrogens with one attached hydrogen (secondary N) is 1. The molecule has 1 aromatic rings. The number of H-pyrrole nitrogens is 1. The van der Waals surface area contributed by atoms with E-state index in [0.29, 0.717) is 6.04 Å². The second-order valence-electron chi connectivity index (χ2n) is 6.46. The van der Waals surface area contributed by atoms with E-state index in [4.69, 9.17) is 12.2 Å². The van der Waals surface area contributed by atoms with Crippen molar-refractivity contribution in [2.75, 3.05) is 38.1 Å². The Balaban J connectivity index is 1.67. The number of rotatable bonds is 5. The molecule has 0 amide bonds. The van der Waals surface area contributed by atoms with Crippen LogP contribution in [0.4, 0.5) is 5.95 Å². The predicted molar refractivity (Wildman–Crippen MR) is 88.5 cm³/mol. The van der Waals surface area contributed by atoms with Gasteiger partial charge < -0.3 is 9.80 Å². The van der Waals surface area contributed by atoms with Gasteiger partial charge in [-0.25, -0.2) is 5.10 Å². The molecule has 6 heteroatoms.